The quantitative estimate of drug-likeness (QED) is 0.814. The average Bonchev–Trinajstić information content (AvgIpc) is 2.42. The Kier molecular flexibility index (Phi) is 5.11. The largest absolute Gasteiger partial charge is 0.379 e. The molecule has 1 saturated heterocycles. The Morgan fingerprint density at radius 2 is 1.84 bits per heavy atom. The summed E-state index contributed by atoms with van der Waals surface area (Å²) in [5.41, 5.74) is 2.45. The number of carbonyl (C=O) groups is 1. The highest BCUT2D eigenvalue weighted by Gasteiger charge is 2.15. The van der Waals surface area contributed by atoms with Crippen LogP contribution in [0.4, 0.5) is 0 Å². The first kappa shape index (κ1) is 14.2. The van der Waals surface area contributed by atoms with Gasteiger partial charge >= 0.3 is 0 Å². The molecule has 1 heterocycles. The average molecular weight is 261 g/mol. The Morgan fingerprint density at radius 1 is 1.21 bits per heavy atom. The number of nitrogens with zero attached hydrogens (tertiary/aromatic N) is 1. The van der Waals surface area contributed by atoms with Crippen molar-refractivity contribution in [2.75, 3.05) is 26.3 Å². The molecule has 0 radical (unpaired) electrons. The van der Waals surface area contributed by atoms with Gasteiger partial charge in [0.15, 0.2) is 0 Å². The molecule has 1 aromatic rings. The Bertz CT molecular complexity index is 423. The molecule has 0 saturated carbocycles. The fraction of sp³-hybridized carbons (Fsp3) is 0.562. The van der Waals surface area contributed by atoms with E-state index in [1.807, 2.05) is 19.9 Å². The molecule has 0 aromatic heterocycles. The highest BCUT2D eigenvalue weighted by molar-refractivity contribution is 5.82. The summed E-state index contributed by atoms with van der Waals surface area (Å²) >= 11 is 0. The predicted octanol–water partition coefficient (Wildman–Crippen LogP) is 2.29. The summed E-state index contributed by atoms with van der Waals surface area (Å²) in [6, 6.07) is 8.29. The lowest BCUT2D eigenvalue weighted by atomic mass is 9.97. The third kappa shape index (κ3) is 4.15. The van der Waals surface area contributed by atoms with Crippen molar-refractivity contribution in [1.82, 2.24) is 4.90 Å². The first-order valence-corrected chi connectivity index (χ1v) is 7.06. The molecule has 1 aliphatic rings. The highest BCUT2D eigenvalue weighted by Crippen LogP contribution is 2.15. The van der Waals surface area contributed by atoms with E-state index < -0.39 is 0 Å². The summed E-state index contributed by atoms with van der Waals surface area (Å²) in [5.74, 6) is 0.422. The van der Waals surface area contributed by atoms with Crippen LogP contribution < -0.4 is 0 Å². The molecule has 3 heteroatoms. The maximum atomic E-state index is 11.9. The van der Waals surface area contributed by atoms with Gasteiger partial charge in [0.2, 0.25) is 0 Å². The van der Waals surface area contributed by atoms with Gasteiger partial charge in [-0.25, -0.2) is 0 Å². The molecule has 0 unspecified atom stereocenters. The lowest BCUT2D eigenvalue weighted by Crippen LogP contribution is -2.36. The van der Waals surface area contributed by atoms with Crippen molar-refractivity contribution in [3.8, 4) is 0 Å². The van der Waals surface area contributed by atoms with Gasteiger partial charge in [-0.2, -0.15) is 0 Å². The number of hydrogen-bond donors (Lipinski definition) is 0. The summed E-state index contributed by atoms with van der Waals surface area (Å²) in [6.07, 6.45) is 0.554. The Hall–Kier alpha value is -1.19. The minimum atomic E-state index is 0.108. The molecule has 0 amide bonds. The van der Waals surface area contributed by atoms with E-state index in [4.69, 9.17) is 4.74 Å². The lowest BCUT2D eigenvalue weighted by molar-refractivity contribution is -0.121. The summed E-state index contributed by atoms with van der Waals surface area (Å²) in [5, 5.41) is 0. The van der Waals surface area contributed by atoms with Crippen LogP contribution in [0.15, 0.2) is 24.3 Å². The zero-order valence-corrected chi connectivity index (χ0v) is 11.9. The highest BCUT2D eigenvalue weighted by atomic mass is 16.5. The summed E-state index contributed by atoms with van der Waals surface area (Å²) in [6.45, 7) is 8.43. The van der Waals surface area contributed by atoms with Crippen LogP contribution in [0.3, 0.4) is 0 Å². The van der Waals surface area contributed by atoms with Gasteiger partial charge in [-0.3, -0.25) is 9.69 Å². The fourth-order valence-corrected chi connectivity index (χ4v) is 2.28. The molecule has 0 aliphatic carbocycles. The van der Waals surface area contributed by atoms with Crippen LogP contribution in [0.25, 0.3) is 0 Å². The van der Waals surface area contributed by atoms with Crippen molar-refractivity contribution >= 4 is 5.78 Å². The molecule has 1 aromatic carbocycles. The van der Waals surface area contributed by atoms with Crippen molar-refractivity contribution in [2.45, 2.75) is 26.8 Å². The maximum Gasteiger partial charge on any atom is 0.139 e. The number of carbonyl (C=O) groups excluding carboxylic acids is 1. The van der Waals surface area contributed by atoms with Crippen molar-refractivity contribution in [3.05, 3.63) is 35.4 Å². The van der Waals surface area contributed by atoms with E-state index in [0.29, 0.717) is 12.2 Å². The number of morpholine rings is 1. The SMILES string of the molecule is CC(C)C(=O)Cc1ccccc1CN1CCOCC1. The molecule has 0 atom stereocenters. The van der Waals surface area contributed by atoms with E-state index >= 15 is 0 Å². The van der Waals surface area contributed by atoms with E-state index in [0.717, 1.165) is 32.8 Å². The van der Waals surface area contributed by atoms with Crippen molar-refractivity contribution in [1.29, 1.82) is 0 Å². The number of benzene rings is 1. The van der Waals surface area contributed by atoms with Crippen LogP contribution in [-0.4, -0.2) is 37.0 Å². The number of rotatable bonds is 5. The zero-order valence-electron chi connectivity index (χ0n) is 11.9. The topological polar surface area (TPSA) is 29.5 Å². The van der Waals surface area contributed by atoms with E-state index in [9.17, 15) is 4.79 Å². The van der Waals surface area contributed by atoms with Gasteiger partial charge in [0, 0.05) is 32.0 Å². The lowest BCUT2D eigenvalue weighted by Gasteiger charge is -2.27. The van der Waals surface area contributed by atoms with Gasteiger partial charge in [-0.1, -0.05) is 38.1 Å². The van der Waals surface area contributed by atoms with E-state index in [-0.39, 0.29) is 5.92 Å². The van der Waals surface area contributed by atoms with Gasteiger partial charge in [0.05, 0.1) is 13.2 Å². The second-order valence-corrected chi connectivity index (χ2v) is 5.46. The maximum absolute atomic E-state index is 11.9. The first-order valence-electron chi connectivity index (χ1n) is 7.06. The molecule has 1 aliphatic heterocycles. The normalized spacial score (nSPS) is 16.8. The molecule has 0 bridgehead atoms. The number of hydrogen-bond acceptors (Lipinski definition) is 3. The smallest absolute Gasteiger partial charge is 0.139 e. The monoisotopic (exact) mass is 261 g/mol. The van der Waals surface area contributed by atoms with Crippen molar-refractivity contribution in [2.24, 2.45) is 5.92 Å². The van der Waals surface area contributed by atoms with Crippen molar-refractivity contribution in [3.63, 3.8) is 0 Å². The number of ketones is 1. The van der Waals surface area contributed by atoms with Crippen LogP contribution in [0, 0.1) is 5.92 Å². The molecule has 3 nitrogen and oxygen atoms in total. The van der Waals surface area contributed by atoms with Gasteiger partial charge in [0.25, 0.3) is 0 Å². The van der Waals surface area contributed by atoms with E-state index in [1.165, 1.54) is 11.1 Å². The molecule has 0 spiro atoms. The molecule has 1 fully saturated rings. The number of ether oxygens (including phenoxy) is 1. The fourth-order valence-electron chi connectivity index (χ4n) is 2.28. The third-order valence-corrected chi connectivity index (χ3v) is 3.62. The standard InChI is InChI=1S/C16H23NO2/c1-13(2)16(18)11-14-5-3-4-6-15(14)12-17-7-9-19-10-8-17/h3-6,13H,7-12H2,1-2H3. The van der Waals surface area contributed by atoms with Crippen LogP contribution in [0.2, 0.25) is 0 Å². The second-order valence-electron chi connectivity index (χ2n) is 5.46. The van der Waals surface area contributed by atoms with Gasteiger partial charge < -0.3 is 4.74 Å². The Labute approximate surface area is 115 Å². The second kappa shape index (κ2) is 6.83. The summed E-state index contributed by atoms with van der Waals surface area (Å²) < 4.78 is 5.37. The molecule has 19 heavy (non-hydrogen) atoms. The zero-order chi connectivity index (χ0) is 13.7. The molecule has 0 N–H and O–H groups in total. The van der Waals surface area contributed by atoms with Crippen LogP contribution in [-0.2, 0) is 22.5 Å². The van der Waals surface area contributed by atoms with Gasteiger partial charge in [-0.05, 0) is 11.1 Å². The van der Waals surface area contributed by atoms with Crippen LogP contribution >= 0.6 is 0 Å². The van der Waals surface area contributed by atoms with Gasteiger partial charge in [-0.15, -0.1) is 0 Å². The molecular weight excluding hydrogens is 238 g/mol. The van der Waals surface area contributed by atoms with Gasteiger partial charge in [0.1, 0.15) is 5.78 Å². The predicted molar refractivity (Wildman–Crippen MR) is 76.1 cm³/mol. The van der Waals surface area contributed by atoms with Crippen LogP contribution in [0.5, 0.6) is 0 Å². The minimum Gasteiger partial charge on any atom is -0.379 e. The van der Waals surface area contributed by atoms with E-state index in [2.05, 4.69) is 23.1 Å². The van der Waals surface area contributed by atoms with E-state index in [1.54, 1.807) is 0 Å². The number of Topliss-reactive ketones (excluding diaryl/α,β-unsaturated/α-hetero) is 1. The summed E-state index contributed by atoms with van der Waals surface area (Å²) in [7, 11) is 0. The van der Waals surface area contributed by atoms with Crippen molar-refractivity contribution < 1.29 is 9.53 Å². The third-order valence-electron chi connectivity index (χ3n) is 3.62. The summed E-state index contributed by atoms with van der Waals surface area (Å²) in [4.78, 5) is 14.3. The Balaban J connectivity index is 2.05. The first-order chi connectivity index (χ1) is 9.16. The molecule has 2 rings (SSSR count). The molecular formula is C16H23NO2. The Morgan fingerprint density at radius 3 is 2.47 bits per heavy atom. The molecule has 104 valence electrons. The minimum absolute atomic E-state index is 0.108. The van der Waals surface area contributed by atoms with Crippen LogP contribution in [0.1, 0.15) is 25.0 Å².